The Balaban J connectivity index is 1.25. The summed E-state index contributed by atoms with van der Waals surface area (Å²) >= 11 is 0. The van der Waals surface area contributed by atoms with Crippen molar-refractivity contribution in [2.45, 2.75) is 45.3 Å². The fourth-order valence-corrected chi connectivity index (χ4v) is 5.97. The molecule has 1 aliphatic heterocycles. The molecule has 1 aliphatic rings. The van der Waals surface area contributed by atoms with Gasteiger partial charge in [0.25, 0.3) is 0 Å². The van der Waals surface area contributed by atoms with Crippen LogP contribution in [0.3, 0.4) is 0 Å². The van der Waals surface area contributed by atoms with Crippen molar-refractivity contribution in [1.82, 2.24) is 15.2 Å². The Bertz CT molecular complexity index is 1690. The lowest BCUT2D eigenvalue weighted by atomic mass is 9.93. The smallest absolute Gasteiger partial charge is 0.225 e. The van der Waals surface area contributed by atoms with Gasteiger partial charge in [-0.15, -0.1) is 0 Å². The molecule has 3 heterocycles. The van der Waals surface area contributed by atoms with Crippen LogP contribution in [0, 0.1) is 20.8 Å². The van der Waals surface area contributed by atoms with E-state index in [0.717, 1.165) is 57.6 Å². The fourth-order valence-electron chi connectivity index (χ4n) is 5.97. The second kappa shape index (κ2) is 11.3. The molecular formula is C35H36N4O2. The minimum atomic E-state index is -0.221. The van der Waals surface area contributed by atoms with Gasteiger partial charge in [0.15, 0.2) is 0 Å². The molecule has 2 unspecified atom stereocenters. The maximum Gasteiger partial charge on any atom is 0.225 e. The molecule has 5 aromatic rings. The zero-order valence-electron chi connectivity index (χ0n) is 23.8. The normalized spacial score (nSPS) is 15.4. The summed E-state index contributed by atoms with van der Waals surface area (Å²) in [5, 5.41) is 4.29. The van der Waals surface area contributed by atoms with Crippen molar-refractivity contribution < 1.29 is 9.21 Å². The Morgan fingerprint density at radius 3 is 2.51 bits per heavy atom. The van der Waals surface area contributed by atoms with Gasteiger partial charge in [0.2, 0.25) is 5.91 Å². The monoisotopic (exact) mass is 544 g/mol. The summed E-state index contributed by atoms with van der Waals surface area (Å²) < 4.78 is 6.39. The van der Waals surface area contributed by atoms with Gasteiger partial charge in [-0.3, -0.25) is 14.7 Å². The van der Waals surface area contributed by atoms with E-state index in [4.69, 9.17) is 10.2 Å². The summed E-state index contributed by atoms with van der Waals surface area (Å²) in [6, 6.07) is 26.6. The van der Waals surface area contributed by atoms with Gasteiger partial charge in [-0.1, -0.05) is 60.2 Å². The minimum Gasteiger partial charge on any atom is -0.459 e. The number of rotatable bonds is 8. The molecule has 6 heteroatoms. The Morgan fingerprint density at radius 1 is 0.976 bits per heavy atom. The topological polar surface area (TPSA) is 84.4 Å². The molecule has 6 nitrogen and oxygen atoms in total. The van der Waals surface area contributed by atoms with Crippen LogP contribution in [-0.4, -0.2) is 34.9 Å². The molecule has 2 aromatic heterocycles. The number of hydrogen-bond acceptors (Lipinski definition) is 5. The standard InChI is InChI=1S/C35H36N4O2/c1-22-9-11-29(23(2)15-22)34(26-7-5-4-6-8-26)38-33(40)17-25-10-12-31-27(16-25)18-32(41-31)35(39-20-28(36)21-39)30-13-14-37-19-24(30)3/h4-16,18-19,28,34-35H,17,20-21,36H2,1-3H3,(H,38,40). The van der Waals surface area contributed by atoms with Crippen LogP contribution in [0.1, 0.15) is 56.8 Å². The van der Waals surface area contributed by atoms with Crippen molar-refractivity contribution in [3.05, 3.63) is 136 Å². The SMILES string of the molecule is Cc1ccc(C(NC(=O)Cc2ccc3oc(C(c4ccncc4C)N4CC(N)C4)cc3c2)c2ccccc2)c(C)c1. The van der Waals surface area contributed by atoms with Gasteiger partial charge < -0.3 is 15.5 Å². The van der Waals surface area contributed by atoms with E-state index in [1.54, 1.807) is 0 Å². The van der Waals surface area contributed by atoms with E-state index in [-0.39, 0.29) is 30.5 Å². The van der Waals surface area contributed by atoms with Crippen LogP contribution in [0.15, 0.2) is 95.7 Å². The number of furan rings is 1. The van der Waals surface area contributed by atoms with E-state index >= 15 is 0 Å². The number of nitrogens with one attached hydrogen (secondary N) is 1. The van der Waals surface area contributed by atoms with Gasteiger partial charge >= 0.3 is 0 Å². The quantitative estimate of drug-likeness (QED) is 0.253. The molecule has 41 heavy (non-hydrogen) atoms. The number of pyridine rings is 1. The second-order valence-corrected chi connectivity index (χ2v) is 11.3. The Hall–Kier alpha value is -4.26. The zero-order chi connectivity index (χ0) is 28.5. The first kappa shape index (κ1) is 26.9. The first-order chi connectivity index (χ1) is 19.9. The van der Waals surface area contributed by atoms with Gasteiger partial charge in [-0.2, -0.15) is 0 Å². The summed E-state index contributed by atoms with van der Waals surface area (Å²) in [5.74, 6) is 0.850. The molecule has 2 atom stereocenters. The number of fused-ring (bicyclic) bond motifs is 1. The van der Waals surface area contributed by atoms with Crippen LogP contribution >= 0.6 is 0 Å². The molecule has 0 bridgehead atoms. The van der Waals surface area contributed by atoms with Crippen molar-refractivity contribution in [3.8, 4) is 0 Å². The third-order valence-corrected chi connectivity index (χ3v) is 8.07. The lowest BCUT2D eigenvalue weighted by Crippen LogP contribution is -2.56. The molecular weight excluding hydrogens is 508 g/mol. The number of carbonyl (C=O) groups excluding carboxylic acids is 1. The molecule has 0 aliphatic carbocycles. The number of nitrogens with zero attached hydrogens (tertiary/aromatic N) is 2. The van der Waals surface area contributed by atoms with E-state index in [0.29, 0.717) is 0 Å². The van der Waals surface area contributed by atoms with Crippen molar-refractivity contribution in [3.63, 3.8) is 0 Å². The number of aryl methyl sites for hydroxylation is 3. The van der Waals surface area contributed by atoms with Gasteiger partial charge in [0.1, 0.15) is 11.3 Å². The number of aromatic nitrogens is 1. The molecule has 3 aromatic carbocycles. The molecule has 3 N–H and O–H groups in total. The van der Waals surface area contributed by atoms with Gasteiger partial charge in [-0.25, -0.2) is 0 Å². The average molecular weight is 545 g/mol. The summed E-state index contributed by atoms with van der Waals surface area (Å²) in [4.78, 5) is 20.0. The molecule has 0 radical (unpaired) electrons. The van der Waals surface area contributed by atoms with Crippen LogP contribution in [0.5, 0.6) is 0 Å². The molecule has 1 amide bonds. The van der Waals surface area contributed by atoms with Crippen LogP contribution in [0.4, 0.5) is 0 Å². The van der Waals surface area contributed by atoms with Crippen LogP contribution in [0.25, 0.3) is 11.0 Å². The number of nitrogens with two attached hydrogens (primary N) is 1. The highest BCUT2D eigenvalue weighted by Crippen LogP contribution is 2.36. The second-order valence-electron chi connectivity index (χ2n) is 11.3. The summed E-state index contributed by atoms with van der Waals surface area (Å²) in [6.07, 6.45) is 4.00. The number of likely N-dealkylation sites (tertiary alicyclic amines) is 1. The predicted molar refractivity (Wildman–Crippen MR) is 163 cm³/mol. The lowest BCUT2D eigenvalue weighted by Gasteiger charge is -2.42. The first-order valence-corrected chi connectivity index (χ1v) is 14.2. The third-order valence-electron chi connectivity index (χ3n) is 8.07. The first-order valence-electron chi connectivity index (χ1n) is 14.2. The van der Waals surface area contributed by atoms with Crippen molar-refractivity contribution in [1.29, 1.82) is 0 Å². The summed E-state index contributed by atoms with van der Waals surface area (Å²) in [6.45, 7) is 7.90. The number of benzene rings is 3. The highest BCUT2D eigenvalue weighted by molar-refractivity contribution is 5.83. The van der Waals surface area contributed by atoms with E-state index in [2.05, 4.69) is 84.5 Å². The van der Waals surface area contributed by atoms with Gasteiger partial charge in [-0.05, 0) is 78.4 Å². The maximum absolute atomic E-state index is 13.4. The molecule has 0 saturated carbocycles. The van der Waals surface area contributed by atoms with Crippen molar-refractivity contribution >= 4 is 16.9 Å². The van der Waals surface area contributed by atoms with E-state index < -0.39 is 0 Å². The number of hydrogen-bond donors (Lipinski definition) is 2. The van der Waals surface area contributed by atoms with Crippen molar-refractivity contribution in [2.75, 3.05) is 13.1 Å². The van der Waals surface area contributed by atoms with E-state index in [1.165, 1.54) is 11.1 Å². The highest BCUT2D eigenvalue weighted by Gasteiger charge is 2.34. The van der Waals surface area contributed by atoms with Crippen molar-refractivity contribution in [2.24, 2.45) is 5.73 Å². The maximum atomic E-state index is 13.4. The summed E-state index contributed by atoms with van der Waals surface area (Å²) in [5.41, 5.74) is 14.7. The van der Waals surface area contributed by atoms with E-state index in [9.17, 15) is 4.79 Å². The molecule has 1 fully saturated rings. The third kappa shape index (κ3) is 5.67. The van der Waals surface area contributed by atoms with Gasteiger partial charge in [0.05, 0.1) is 18.5 Å². The zero-order valence-corrected chi connectivity index (χ0v) is 23.8. The molecule has 208 valence electrons. The fraction of sp³-hybridized carbons (Fsp3) is 0.257. The van der Waals surface area contributed by atoms with Gasteiger partial charge in [0, 0.05) is 36.9 Å². The molecule has 0 spiro atoms. The molecule has 1 saturated heterocycles. The minimum absolute atomic E-state index is 0.0262. The molecule has 6 rings (SSSR count). The largest absolute Gasteiger partial charge is 0.459 e. The van der Waals surface area contributed by atoms with Crippen LogP contribution < -0.4 is 11.1 Å². The lowest BCUT2D eigenvalue weighted by molar-refractivity contribution is -0.120. The highest BCUT2D eigenvalue weighted by atomic mass is 16.3. The van der Waals surface area contributed by atoms with Crippen LogP contribution in [-0.2, 0) is 11.2 Å². The Kier molecular flexibility index (Phi) is 7.43. The number of amides is 1. The van der Waals surface area contributed by atoms with E-state index in [1.807, 2.05) is 42.7 Å². The average Bonchev–Trinajstić information content (AvgIpc) is 3.36. The Labute approximate surface area is 241 Å². The van der Waals surface area contributed by atoms with Crippen LogP contribution in [0.2, 0.25) is 0 Å². The predicted octanol–water partition coefficient (Wildman–Crippen LogP) is 5.93. The number of carbonyl (C=O) groups is 1. The Morgan fingerprint density at radius 2 is 1.78 bits per heavy atom. The summed E-state index contributed by atoms with van der Waals surface area (Å²) in [7, 11) is 0.